The van der Waals surface area contributed by atoms with E-state index in [-0.39, 0.29) is 23.0 Å². The Labute approximate surface area is 182 Å². The second-order valence-electron chi connectivity index (χ2n) is 9.19. The Morgan fingerprint density at radius 2 is 1.87 bits per heavy atom. The van der Waals surface area contributed by atoms with Gasteiger partial charge in [0.25, 0.3) is 6.43 Å². The van der Waals surface area contributed by atoms with Gasteiger partial charge in [-0.05, 0) is 63.4 Å². The molecule has 4 rings (SSSR count). The van der Waals surface area contributed by atoms with Crippen molar-refractivity contribution in [3.8, 4) is 0 Å². The number of hydrogen-bond donors (Lipinski definition) is 1. The lowest BCUT2D eigenvalue weighted by Gasteiger charge is -2.39. The molecule has 1 N–H and O–H groups in total. The predicted octanol–water partition coefficient (Wildman–Crippen LogP) is 3.63. The summed E-state index contributed by atoms with van der Waals surface area (Å²) < 4.78 is 26.8. The van der Waals surface area contributed by atoms with Gasteiger partial charge in [0, 0.05) is 43.5 Å². The lowest BCUT2D eigenvalue weighted by atomic mass is 9.92. The van der Waals surface area contributed by atoms with Crippen molar-refractivity contribution < 1.29 is 13.6 Å². The van der Waals surface area contributed by atoms with E-state index in [1.165, 1.54) is 18.5 Å². The van der Waals surface area contributed by atoms with Gasteiger partial charge in [0.05, 0.1) is 11.2 Å². The van der Waals surface area contributed by atoms with Gasteiger partial charge >= 0.3 is 0 Å². The third-order valence-corrected chi connectivity index (χ3v) is 6.55. The van der Waals surface area contributed by atoms with E-state index in [0.29, 0.717) is 30.3 Å². The molecule has 0 spiro atoms. The SMILES string of the molecule is C[C@H]1C[C@@H](NC(=O)CC2CCN(C)CC2)CN(c2ccc(C(F)F)c3nccnc23)C1. The standard InChI is InChI=1S/C23H31F2N5O/c1-15-11-17(28-20(31)12-16-5-9-29(2)10-6-16)14-30(13-15)19-4-3-18(23(24)25)21-22(19)27-8-7-26-21/h3-4,7-8,15-17,23H,5-6,9-14H2,1-2H3,(H,28,31)/t15-,17+/m0/s1. The number of halogens is 2. The molecule has 3 heterocycles. The zero-order valence-corrected chi connectivity index (χ0v) is 18.2. The first-order valence-electron chi connectivity index (χ1n) is 11.1. The van der Waals surface area contributed by atoms with E-state index in [9.17, 15) is 13.6 Å². The summed E-state index contributed by atoms with van der Waals surface area (Å²) in [5.41, 5.74) is 1.44. The molecule has 168 valence electrons. The van der Waals surface area contributed by atoms with Gasteiger partial charge in [-0.1, -0.05) is 6.92 Å². The van der Waals surface area contributed by atoms with Crippen LogP contribution in [0.15, 0.2) is 24.5 Å². The largest absolute Gasteiger partial charge is 0.367 e. The summed E-state index contributed by atoms with van der Waals surface area (Å²) in [5, 5.41) is 3.23. The summed E-state index contributed by atoms with van der Waals surface area (Å²) in [6.45, 7) is 5.69. The van der Waals surface area contributed by atoms with Crippen LogP contribution in [0.25, 0.3) is 11.0 Å². The number of alkyl halides is 2. The zero-order valence-electron chi connectivity index (χ0n) is 18.2. The molecule has 2 aliphatic heterocycles. The number of fused-ring (bicyclic) bond motifs is 1. The topological polar surface area (TPSA) is 61.4 Å². The molecule has 0 unspecified atom stereocenters. The normalized spacial score (nSPS) is 23.5. The molecule has 2 aliphatic rings. The average molecular weight is 432 g/mol. The van der Waals surface area contributed by atoms with E-state index in [0.717, 1.165) is 44.6 Å². The number of carbonyl (C=O) groups is 1. The highest BCUT2D eigenvalue weighted by Crippen LogP contribution is 2.33. The molecule has 1 aromatic carbocycles. The second kappa shape index (κ2) is 9.42. The van der Waals surface area contributed by atoms with Crippen molar-refractivity contribution in [3.05, 3.63) is 30.1 Å². The fourth-order valence-electron chi connectivity index (χ4n) is 4.96. The van der Waals surface area contributed by atoms with Crippen LogP contribution in [0.3, 0.4) is 0 Å². The summed E-state index contributed by atoms with van der Waals surface area (Å²) in [5.74, 6) is 0.935. The number of likely N-dealkylation sites (tertiary alicyclic amines) is 1. The van der Waals surface area contributed by atoms with Crippen LogP contribution in [0.2, 0.25) is 0 Å². The minimum Gasteiger partial charge on any atom is -0.367 e. The number of benzene rings is 1. The van der Waals surface area contributed by atoms with E-state index in [1.54, 1.807) is 6.07 Å². The van der Waals surface area contributed by atoms with Crippen molar-refractivity contribution in [2.24, 2.45) is 11.8 Å². The number of nitrogens with one attached hydrogen (secondary N) is 1. The molecule has 1 aromatic heterocycles. The van der Waals surface area contributed by atoms with Crippen LogP contribution in [0.5, 0.6) is 0 Å². The Kier molecular flexibility index (Phi) is 6.65. The van der Waals surface area contributed by atoms with Gasteiger partial charge in [0.15, 0.2) is 0 Å². The van der Waals surface area contributed by atoms with Crippen molar-refractivity contribution >= 4 is 22.6 Å². The number of nitrogens with zero attached hydrogens (tertiary/aromatic N) is 4. The Morgan fingerprint density at radius 3 is 2.58 bits per heavy atom. The minimum absolute atomic E-state index is 0.0315. The molecular formula is C23H31F2N5O. The minimum atomic E-state index is -2.60. The third-order valence-electron chi connectivity index (χ3n) is 6.55. The first kappa shape index (κ1) is 21.9. The molecule has 0 saturated carbocycles. The summed E-state index contributed by atoms with van der Waals surface area (Å²) >= 11 is 0. The number of amides is 1. The highest BCUT2D eigenvalue weighted by atomic mass is 19.3. The average Bonchev–Trinajstić information content (AvgIpc) is 2.74. The smallest absolute Gasteiger partial charge is 0.266 e. The molecule has 6 nitrogen and oxygen atoms in total. The number of rotatable bonds is 5. The van der Waals surface area contributed by atoms with Crippen molar-refractivity contribution in [1.82, 2.24) is 20.2 Å². The lowest BCUT2D eigenvalue weighted by Crippen LogP contribution is -2.51. The fraction of sp³-hybridized carbons (Fsp3) is 0.609. The van der Waals surface area contributed by atoms with E-state index >= 15 is 0 Å². The Balaban J connectivity index is 1.47. The Bertz CT molecular complexity index is 916. The Hall–Kier alpha value is -2.35. The summed E-state index contributed by atoms with van der Waals surface area (Å²) in [7, 11) is 2.12. The molecule has 2 fully saturated rings. The summed E-state index contributed by atoms with van der Waals surface area (Å²) in [4.78, 5) is 25.7. The second-order valence-corrected chi connectivity index (χ2v) is 9.19. The molecule has 2 saturated heterocycles. The quantitative estimate of drug-likeness (QED) is 0.783. The molecule has 1 amide bonds. The first-order chi connectivity index (χ1) is 14.9. The maximum Gasteiger partial charge on any atom is 0.266 e. The zero-order chi connectivity index (χ0) is 22.0. The molecule has 8 heteroatoms. The van der Waals surface area contributed by atoms with Gasteiger partial charge < -0.3 is 15.1 Å². The van der Waals surface area contributed by atoms with Gasteiger partial charge in [-0.3, -0.25) is 14.8 Å². The van der Waals surface area contributed by atoms with Crippen LogP contribution in [0.4, 0.5) is 14.5 Å². The maximum atomic E-state index is 13.4. The van der Waals surface area contributed by atoms with E-state index in [4.69, 9.17) is 0 Å². The molecular weight excluding hydrogens is 400 g/mol. The number of carbonyl (C=O) groups excluding carboxylic acids is 1. The lowest BCUT2D eigenvalue weighted by molar-refractivity contribution is -0.123. The van der Waals surface area contributed by atoms with Crippen LogP contribution < -0.4 is 10.2 Å². The third kappa shape index (κ3) is 5.11. The number of hydrogen-bond acceptors (Lipinski definition) is 5. The Morgan fingerprint density at radius 1 is 1.16 bits per heavy atom. The fourth-order valence-corrected chi connectivity index (χ4v) is 4.96. The predicted molar refractivity (Wildman–Crippen MR) is 117 cm³/mol. The highest BCUT2D eigenvalue weighted by molar-refractivity contribution is 5.90. The number of aromatic nitrogens is 2. The number of anilines is 1. The van der Waals surface area contributed by atoms with Gasteiger partial charge in [-0.25, -0.2) is 8.78 Å². The molecule has 0 aliphatic carbocycles. The number of piperidine rings is 2. The molecule has 31 heavy (non-hydrogen) atoms. The molecule has 2 atom stereocenters. The van der Waals surface area contributed by atoms with E-state index < -0.39 is 6.43 Å². The maximum absolute atomic E-state index is 13.4. The van der Waals surface area contributed by atoms with Gasteiger partial charge in [0.2, 0.25) is 5.91 Å². The van der Waals surface area contributed by atoms with Gasteiger partial charge in [-0.2, -0.15) is 0 Å². The van der Waals surface area contributed by atoms with Crippen LogP contribution in [-0.4, -0.2) is 60.0 Å². The van der Waals surface area contributed by atoms with E-state index in [2.05, 4.69) is 39.1 Å². The monoisotopic (exact) mass is 431 g/mol. The molecule has 2 aromatic rings. The van der Waals surface area contributed by atoms with Crippen LogP contribution >= 0.6 is 0 Å². The van der Waals surface area contributed by atoms with Crippen molar-refractivity contribution in [2.45, 2.75) is 45.1 Å². The van der Waals surface area contributed by atoms with E-state index in [1.807, 2.05) is 0 Å². The van der Waals surface area contributed by atoms with Crippen LogP contribution in [-0.2, 0) is 4.79 Å². The van der Waals surface area contributed by atoms with Gasteiger partial charge in [0.1, 0.15) is 5.52 Å². The highest BCUT2D eigenvalue weighted by Gasteiger charge is 2.29. The van der Waals surface area contributed by atoms with Crippen LogP contribution in [0.1, 0.15) is 44.6 Å². The van der Waals surface area contributed by atoms with Gasteiger partial charge in [-0.15, -0.1) is 0 Å². The molecule has 0 bridgehead atoms. The van der Waals surface area contributed by atoms with Crippen molar-refractivity contribution in [1.29, 1.82) is 0 Å². The molecule has 0 radical (unpaired) electrons. The van der Waals surface area contributed by atoms with Crippen molar-refractivity contribution in [3.63, 3.8) is 0 Å². The summed E-state index contributed by atoms with van der Waals surface area (Å²) in [6, 6.07) is 3.20. The summed E-state index contributed by atoms with van der Waals surface area (Å²) in [6.07, 6.45) is 4.01. The van der Waals surface area contributed by atoms with Crippen LogP contribution in [0, 0.1) is 11.8 Å². The first-order valence-corrected chi connectivity index (χ1v) is 11.1. The van der Waals surface area contributed by atoms with Crippen molar-refractivity contribution in [2.75, 3.05) is 38.1 Å².